The minimum Gasteiger partial charge on any atom is -0.342 e. The molecular formula is C13H16N2OS. The first kappa shape index (κ1) is 13.6. The SMILES string of the molecule is CSCCCN(C)C(=O)c1cccc(C#N)c1. The van der Waals surface area contributed by atoms with Crippen molar-refractivity contribution in [2.45, 2.75) is 6.42 Å². The van der Waals surface area contributed by atoms with Crippen LogP contribution in [-0.4, -0.2) is 36.4 Å². The molecule has 0 aromatic heterocycles. The molecule has 0 aliphatic heterocycles. The van der Waals surface area contributed by atoms with E-state index in [9.17, 15) is 4.79 Å². The maximum atomic E-state index is 12.0. The summed E-state index contributed by atoms with van der Waals surface area (Å²) in [5.74, 6) is 1.03. The minimum atomic E-state index is -0.0248. The summed E-state index contributed by atoms with van der Waals surface area (Å²) < 4.78 is 0. The number of carbonyl (C=O) groups excluding carboxylic acids is 1. The predicted molar refractivity (Wildman–Crippen MR) is 71.1 cm³/mol. The van der Waals surface area contributed by atoms with E-state index in [1.807, 2.05) is 6.07 Å². The van der Waals surface area contributed by atoms with Crippen LogP contribution in [0.3, 0.4) is 0 Å². The van der Waals surface area contributed by atoms with E-state index in [2.05, 4.69) is 6.26 Å². The van der Waals surface area contributed by atoms with Crippen LogP contribution in [-0.2, 0) is 0 Å². The molecule has 17 heavy (non-hydrogen) atoms. The largest absolute Gasteiger partial charge is 0.342 e. The molecule has 1 amide bonds. The van der Waals surface area contributed by atoms with Crippen LogP contribution in [0.2, 0.25) is 0 Å². The highest BCUT2D eigenvalue weighted by atomic mass is 32.2. The average Bonchev–Trinajstić information content (AvgIpc) is 2.38. The van der Waals surface area contributed by atoms with Gasteiger partial charge in [-0.1, -0.05) is 6.07 Å². The van der Waals surface area contributed by atoms with Crippen LogP contribution >= 0.6 is 11.8 Å². The van der Waals surface area contributed by atoms with Crippen molar-refractivity contribution in [1.29, 1.82) is 5.26 Å². The number of thioether (sulfide) groups is 1. The quantitative estimate of drug-likeness (QED) is 0.751. The fourth-order valence-electron chi connectivity index (χ4n) is 1.49. The Labute approximate surface area is 106 Å². The normalized spacial score (nSPS) is 9.71. The van der Waals surface area contributed by atoms with Crippen LogP contribution in [0, 0.1) is 11.3 Å². The summed E-state index contributed by atoms with van der Waals surface area (Å²) in [7, 11) is 1.79. The van der Waals surface area contributed by atoms with Gasteiger partial charge in [-0.3, -0.25) is 4.79 Å². The molecule has 0 N–H and O–H groups in total. The molecule has 1 aromatic carbocycles. The Balaban J connectivity index is 2.65. The van der Waals surface area contributed by atoms with E-state index < -0.39 is 0 Å². The van der Waals surface area contributed by atoms with Gasteiger partial charge >= 0.3 is 0 Å². The van der Waals surface area contributed by atoms with Crippen LogP contribution in [0.1, 0.15) is 22.3 Å². The highest BCUT2D eigenvalue weighted by Crippen LogP contribution is 2.08. The van der Waals surface area contributed by atoms with Crippen LogP contribution in [0.4, 0.5) is 0 Å². The number of hydrogen-bond acceptors (Lipinski definition) is 3. The van der Waals surface area contributed by atoms with E-state index >= 15 is 0 Å². The Morgan fingerprint density at radius 1 is 1.53 bits per heavy atom. The van der Waals surface area contributed by atoms with Gasteiger partial charge in [0.05, 0.1) is 11.6 Å². The van der Waals surface area contributed by atoms with Crippen LogP contribution in [0.15, 0.2) is 24.3 Å². The second-order valence-electron chi connectivity index (χ2n) is 3.77. The number of amides is 1. The maximum Gasteiger partial charge on any atom is 0.253 e. The molecule has 0 heterocycles. The van der Waals surface area contributed by atoms with Gasteiger partial charge in [-0.15, -0.1) is 0 Å². The van der Waals surface area contributed by atoms with Gasteiger partial charge in [0, 0.05) is 19.2 Å². The van der Waals surface area contributed by atoms with Gasteiger partial charge in [0.1, 0.15) is 0 Å². The lowest BCUT2D eigenvalue weighted by Gasteiger charge is -2.16. The first-order valence-electron chi connectivity index (χ1n) is 5.43. The Hall–Kier alpha value is -1.47. The summed E-state index contributed by atoms with van der Waals surface area (Å²) in [5, 5.41) is 8.78. The first-order valence-corrected chi connectivity index (χ1v) is 6.83. The van der Waals surface area contributed by atoms with Crippen molar-refractivity contribution in [2.75, 3.05) is 25.6 Å². The average molecular weight is 248 g/mol. The van der Waals surface area contributed by atoms with E-state index in [1.165, 1.54) is 0 Å². The molecule has 4 heteroatoms. The highest BCUT2D eigenvalue weighted by molar-refractivity contribution is 7.98. The maximum absolute atomic E-state index is 12.0. The van der Waals surface area contributed by atoms with Gasteiger partial charge in [-0.25, -0.2) is 0 Å². The number of benzene rings is 1. The molecule has 90 valence electrons. The van der Waals surface area contributed by atoms with Gasteiger partial charge in [0.15, 0.2) is 0 Å². The number of nitrogens with zero attached hydrogens (tertiary/aromatic N) is 2. The minimum absolute atomic E-state index is 0.0248. The number of carbonyl (C=O) groups is 1. The molecule has 0 fully saturated rings. The van der Waals surface area contributed by atoms with Crippen molar-refractivity contribution in [3.63, 3.8) is 0 Å². The fraction of sp³-hybridized carbons (Fsp3) is 0.385. The molecule has 0 saturated heterocycles. The lowest BCUT2D eigenvalue weighted by Crippen LogP contribution is -2.28. The molecule has 1 rings (SSSR count). The van der Waals surface area contributed by atoms with Crippen molar-refractivity contribution in [3.8, 4) is 6.07 Å². The molecule has 3 nitrogen and oxygen atoms in total. The van der Waals surface area contributed by atoms with E-state index in [4.69, 9.17) is 5.26 Å². The van der Waals surface area contributed by atoms with Crippen molar-refractivity contribution < 1.29 is 4.79 Å². The van der Waals surface area contributed by atoms with E-state index in [1.54, 1.807) is 48.0 Å². The summed E-state index contributed by atoms with van der Waals surface area (Å²) in [6, 6.07) is 8.85. The fourth-order valence-corrected chi connectivity index (χ4v) is 1.91. The van der Waals surface area contributed by atoms with Gasteiger partial charge < -0.3 is 4.90 Å². The Kier molecular flexibility index (Phi) is 5.58. The molecule has 0 saturated carbocycles. The molecule has 0 radical (unpaired) electrons. The van der Waals surface area contributed by atoms with Crippen LogP contribution < -0.4 is 0 Å². The number of hydrogen-bond donors (Lipinski definition) is 0. The smallest absolute Gasteiger partial charge is 0.253 e. The van der Waals surface area contributed by atoms with Gasteiger partial charge in [0.25, 0.3) is 5.91 Å². The molecule has 0 aliphatic rings. The van der Waals surface area contributed by atoms with Crippen LogP contribution in [0.25, 0.3) is 0 Å². The molecule has 1 aromatic rings. The summed E-state index contributed by atoms with van der Waals surface area (Å²) in [6.07, 6.45) is 3.04. The lowest BCUT2D eigenvalue weighted by atomic mass is 10.1. The Bertz CT molecular complexity index is 426. The lowest BCUT2D eigenvalue weighted by molar-refractivity contribution is 0.0795. The van der Waals surface area contributed by atoms with Crippen molar-refractivity contribution in [1.82, 2.24) is 4.90 Å². The monoisotopic (exact) mass is 248 g/mol. The Morgan fingerprint density at radius 2 is 2.29 bits per heavy atom. The second-order valence-corrected chi connectivity index (χ2v) is 4.75. The van der Waals surface area contributed by atoms with Gasteiger partial charge in [0.2, 0.25) is 0 Å². The molecule has 0 bridgehead atoms. The zero-order chi connectivity index (χ0) is 12.7. The molecular weight excluding hydrogens is 232 g/mol. The van der Waals surface area contributed by atoms with Crippen molar-refractivity contribution in [3.05, 3.63) is 35.4 Å². The summed E-state index contributed by atoms with van der Waals surface area (Å²) in [4.78, 5) is 13.7. The summed E-state index contributed by atoms with van der Waals surface area (Å²) in [6.45, 7) is 0.746. The predicted octanol–water partition coefficient (Wildman–Crippen LogP) is 2.38. The molecule has 0 aliphatic carbocycles. The second kappa shape index (κ2) is 6.97. The van der Waals surface area contributed by atoms with Crippen molar-refractivity contribution in [2.24, 2.45) is 0 Å². The van der Waals surface area contributed by atoms with E-state index in [0.717, 1.165) is 18.7 Å². The summed E-state index contributed by atoms with van der Waals surface area (Å²) >= 11 is 1.78. The highest BCUT2D eigenvalue weighted by Gasteiger charge is 2.11. The molecule has 0 atom stereocenters. The Morgan fingerprint density at radius 3 is 2.94 bits per heavy atom. The van der Waals surface area contributed by atoms with Crippen LogP contribution in [0.5, 0.6) is 0 Å². The third-order valence-corrected chi connectivity index (χ3v) is 3.12. The third kappa shape index (κ3) is 4.12. The van der Waals surface area contributed by atoms with E-state index in [-0.39, 0.29) is 5.91 Å². The van der Waals surface area contributed by atoms with E-state index in [0.29, 0.717) is 11.1 Å². The number of nitriles is 1. The third-order valence-electron chi connectivity index (χ3n) is 2.43. The topological polar surface area (TPSA) is 44.1 Å². The zero-order valence-electron chi connectivity index (χ0n) is 10.1. The molecule has 0 spiro atoms. The summed E-state index contributed by atoms with van der Waals surface area (Å²) in [5.41, 5.74) is 1.10. The standard InChI is InChI=1S/C13H16N2OS/c1-15(7-4-8-17-2)13(16)12-6-3-5-11(9-12)10-14/h3,5-6,9H,4,7-8H2,1-2H3. The molecule has 0 unspecified atom stereocenters. The number of rotatable bonds is 5. The first-order chi connectivity index (χ1) is 8.19. The zero-order valence-corrected chi connectivity index (χ0v) is 11.0. The van der Waals surface area contributed by atoms with Gasteiger partial charge in [-0.05, 0) is 36.6 Å². The van der Waals surface area contributed by atoms with Gasteiger partial charge in [-0.2, -0.15) is 17.0 Å². The van der Waals surface area contributed by atoms with Crippen molar-refractivity contribution >= 4 is 17.7 Å².